The van der Waals surface area contributed by atoms with Crippen molar-refractivity contribution in [2.24, 2.45) is 0 Å². The summed E-state index contributed by atoms with van der Waals surface area (Å²) in [6.07, 6.45) is 0. The predicted octanol–water partition coefficient (Wildman–Crippen LogP) is 3.80. The highest BCUT2D eigenvalue weighted by atomic mass is 32.1. The summed E-state index contributed by atoms with van der Waals surface area (Å²) in [6.45, 7) is 0.354. The van der Waals surface area contributed by atoms with Crippen molar-refractivity contribution < 1.29 is 14.3 Å². The van der Waals surface area contributed by atoms with E-state index >= 15 is 0 Å². The number of hydrogen-bond donors (Lipinski definition) is 2. The molecule has 0 unspecified atom stereocenters. The molecule has 0 amide bonds. The summed E-state index contributed by atoms with van der Waals surface area (Å²) in [7, 11) is 0. The second kappa shape index (κ2) is 4.78. The second-order valence-electron chi connectivity index (χ2n) is 4.07. The normalized spacial score (nSPS) is 10.7. The van der Waals surface area contributed by atoms with Gasteiger partial charge in [-0.15, -0.1) is 0 Å². The highest BCUT2D eigenvalue weighted by Gasteiger charge is 2.19. The maximum absolute atomic E-state index is 11.4. The number of hydrogen-bond acceptors (Lipinski definition) is 4. The third-order valence-corrected chi connectivity index (χ3v) is 3.54. The molecule has 0 aliphatic rings. The molecule has 0 saturated carbocycles. The van der Waals surface area contributed by atoms with Gasteiger partial charge in [-0.25, -0.2) is 4.79 Å². The average molecular weight is 273 g/mol. The first kappa shape index (κ1) is 11.8. The van der Waals surface area contributed by atoms with Crippen molar-refractivity contribution in [3.8, 4) is 0 Å². The van der Waals surface area contributed by atoms with Crippen LogP contribution < -0.4 is 5.32 Å². The van der Waals surface area contributed by atoms with E-state index in [-0.39, 0.29) is 5.56 Å². The minimum atomic E-state index is -0.966. The fraction of sp³-hybridized carbons (Fsp3) is 0.0714. The number of anilines is 1. The molecule has 1 aromatic carbocycles. The van der Waals surface area contributed by atoms with Crippen molar-refractivity contribution in [1.29, 1.82) is 0 Å². The Balaban J connectivity index is 1.98. The minimum Gasteiger partial charge on any atom is -0.478 e. The van der Waals surface area contributed by atoms with E-state index in [0.717, 1.165) is 5.69 Å². The quantitative estimate of drug-likeness (QED) is 0.759. The highest BCUT2D eigenvalue weighted by Crippen LogP contribution is 2.26. The molecule has 0 aliphatic heterocycles. The van der Waals surface area contributed by atoms with Crippen molar-refractivity contribution in [1.82, 2.24) is 0 Å². The zero-order valence-corrected chi connectivity index (χ0v) is 10.7. The third-order valence-electron chi connectivity index (χ3n) is 2.86. The molecule has 3 aromatic rings. The summed E-state index contributed by atoms with van der Waals surface area (Å²) < 4.78 is 5.62. The first-order chi connectivity index (χ1) is 9.25. The molecule has 5 heteroatoms. The molecule has 3 rings (SSSR count). The Morgan fingerprint density at radius 1 is 1.32 bits per heavy atom. The van der Waals surface area contributed by atoms with Gasteiger partial charge in [0.25, 0.3) is 0 Å². The number of carboxylic acid groups (broad SMARTS) is 1. The van der Waals surface area contributed by atoms with E-state index in [2.05, 4.69) is 5.32 Å². The first-order valence-corrected chi connectivity index (χ1v) is 6.70. The minimum absolute atomic E-state index is 0.235. The number of aromatic carboxylic acids is 1. The van der Waals surface area contributed by atoms with Crippen LogP contribution in [0.25, 0.3) is 11.0 Å². The molecule has 0 saturated heterocycles. The fourth-order valence-electron chi connectivity index (χ4n) is 2.00. The Bertz CT molecular complexity index is 715. The first-order valence-electron chi connectivity index (χ1n) is 5.75. The molecule has 0 bridgehead atoms. The third kappa shape index (κ3) is 2.20. The van der Waals surface area contributed by atoms with Crippen LogP contribution in [-0.4, -0.2) is 11.1 Å². The lowest BCUT2D eigenvalue weighted by Gasteiger charge is -2.01. The fourth-order valence-corrected chi connectivity index (χ4v) is 2.61. The monoisotopic (exact) mass is 273 g/mol. The lowest BCUT2D eigenvalue weighted by atomic mass is 10.1. The standard InChI is InChI=1S/C14H11NO3S/c16-14(17)13-10-3-1-2-4-11(10)18-12(13)7-15-9-5-6-19-8-9/h1-6,8,15H,7H2,(H,16,17). The summed E-state index contributed by atoms with van der Waals surface area (Å²) >= 11 is 1.58. The number of benzene rings is 1. The van der Waals surface area contributed by atoms with Gasteiger partial charge in [0, 0.05) is 16.5 Å². The van der Waals surface area contributed by atoms with Gasteiger partial charge in [0.2, 0.25) is 0 Å². The van der Waals surface area contributed by atoms with Crippen LogP contribution in [0.4, 0.5) is 5.69 Å². The number of carbonyl (C=O) groups is 1. The van der Waals surface area contributed by atoms with Crippen molar-refractivity contribution in [3.63, 3.8) is 0 Å². The Kier molecular flexibility index (Phi) is 2.97. The zero-order valence-electron chi connectivity index (χ0n) is 9.92. The molecule has 0 radical (unpaired) electrons. The second-order valence-corrected chi connectivity index (χ2v) is 4.85. The number of fused-ring (bicyclic) bond motifs is 1. The summed E-state index contributed by atoms with van der Waals surface area (Å²) in [4.78, 5) is 11.4. The highest BCUT2D eigenvalue weighted by molar-refractivity contribution is 7.08. The molecule has 0 aliphatic carbocycles. The van der Waals surface area contributed by atoms with Gasteiger partial charge < -0.3 is 14.8 Å². The summed E-state index contributed by atoms with van der Waals surface area (Å²) in [6, 6.07) is 9.11. The molecule has 2 heterocycles. The van der Waals surface area contributed by atoms with Gasteiger partial charge in [0.05, 0.1) is 6.54 Å². The summed E-state index contributed by atoms with van der Waals surface area (Å²) in [5.41, 5.74) is 1.79. The van der Waals surface area contributed by atoms with Gasteiger partial charge in [-0.2, -0.15) is 11.3 Å². The maximum atomic E-state index is 11.4. The van der Waals surface area contributed by atoms with Crippen molar-refractivity contribution >= 4 is 34.0 Å². The van der Waals surface area contributed by atoms with Gasteiger partial charge in [-0.3, -0.25) is 0 Å². The lowest BCUT2D eigenvalue weighted by molar-refractivity contribution is 0.0696. The predicted molar refractivity (Wildman–Crippen MR) is 74.8 cm³/mol. The van der Waals surface area contributed by atoms with Gasteiger partial charge in [-0.1, -0.05) is 18.2 Å². The molecule has 2 N–H and O–H groups in total. The van der Waals surface area contributed by atoms with Gasteiger partial charge in [-0.05, 0) is 17.5 Å². The number of thiophene rings is 1. The van der Waals surface area contributed by atoms with E-state index in [9.17, 15) is 9.90 Å². The van der Waals surface area contributed by atoms with E-state index < -0.39 is 5.97 Å². The van der Waals surface area contributed by atoms with E-state index in [1.54, 1.807) is 29.5 Å². The van der Waals surface area contributed by atoms with Gasteiger partial charge in [0.1, 0.15) is 16.9 Å². The molecule has 4 nitrogen and oxygen atoms in total. The molecule has 2 aromatic heterocycles. The maximum Gasteiger partial charge on any atom is 0.339 e. The van der Waals surface area contributed by atoms with Crippen LogP contribution in [-0.2, 0) is 6.54 Å². The SMILES string of the molecule is O=C(O)c1c(CNc2ccsc2)oc2ccccc12. The smallest absolute Gasteiger partial charge is 0.339 e. The Labute approximate surface area is 113 Å². The van der Waals surface area contributed by atoms with Crippen LogP contribution >= 0.6 is 11.3 Å². The Hall–Kier alpha value is -2.27. The summed E-state index contributed by atoms with van der Waals surface area (Å²) in [5.74, 6) is -0.521. The molecule has 96 valence electrons. The number of furan rings is 1. The molecular weight excluding hydrogens is 262 g/mol. The molecule has 19 heavy (non-hydrogen) atoms. The van der Waals surface area contributed by atoms with Crippen LogP contribution in [0.5, 0.6) is 0 Å². The average Bonchev–Trinajstić information content (AvgIpc) is 3.03. The number of nitrogens with one attached hydrogen (secondary N) is 1. The van der Waals surface area contributed by atoms with Crippen LogP contribution in [0, 0.1) is 0 Å². The van der Waals surface area contributed by atoms with E-state index in [4.69, 9.17) is 4.42 Å². The van der Waals surface area contributed by atoms with Crippen LogP contribution in [0.15, 0.2) is 45.5 Å². The van der Waals surface area contributed by atoms with Crippen molar-refractivity contribution in [3.05, 3.63) is 52.4 Å². The largest absolute Gasteiger partial charge is 0.478 e. The topological polar surface area (TPSA) is 62.5 Å². The van der Waals surface area contributed by atoms with Crippen molar-refractivity contribution in [2.45, 2.75) is 6.54 Å². The van der Waals surface area contributed by atoms with Crippen molar-refractivity contribution in [2.75, 3.05) is 5.32 Å². The Morgan fingerprint density at radius 2 is 2.16 bits per heavy atom. The van der Waals surface area contributed by atoms with E-state index in [1.165, 1.54) is 0 Å². The molecular formula is C14H11NO3S. The van der Waals surface area contributed by atoms with Crippen LogP contribution in [0.3, 0.4) is 0 Å². The summed E-state index contributed by atoms with van der Waals surface area (Å²) in [5, 5.41) is 17.0. The van der Waals surface area contributed by atoms with Gasteiger partial charge >= 0.3 is 5.97 Å². The van der Waals surface area contributed by atoms with Crippen LogP contribution in [0.2, 0.25) is 0 Å². The number of carboxylic acids is 1. The number of rotatable bonds is 4. The molecule has 0 spiro atoms. The zero-order chi connectivity index (χ0) is 13.2. The number of para-hydroxylation sites is 1. The van der Waals surface area contributed by atoms with Gasteiger partial charge in [0.15, 0.2) is 0 Å². The van der Waals surface area contributed by atoms with Crippen LogP contribution in [0.1, 0.15) is 16.1 Å². The Morgan fingerprint density at radius 3 is 2.89 bits per heavy atom. The molecule has 0 atom stereocenters. The lowest BCUT2D eigenvalue weighted by Crippen LogP contribution is -2.04. The van der Waals surface area contributed by atoms with E-state index in [1.807, 2.05) is 22.9 Å². The van der Waals surface area contributed by atoms with E-state index in [0.29, 0.717) is 23.3 Å². The molecule has 0 fully saturated rings.